The standard InChI is InChI=1S/C18H19ClN4O2S/c1-18(2)16(24)23(12-4-5-14(26-3)13(19)9-12)17(25)22(18)10-11-6-7-21-15(20)8-11/h4-9H,10H2,1-3H3,(H2,20,21). The molecule has 0 aliphatic carbocycles. The van der Waals surface area contributed by atoms with Gasteiger partial charge in [0.15, 0.2) is 0 Å². The lowest BCUT2D eigenvalue weighted by Crippen LogP contribution is -2.43. The van der Waals surface area contributed by atoms with Gasteiger partial charge in [-0.25, -0.2) is 14.7 Å². The van der Waals surface area contributed by atoms with E-state index in [-0.39, 0.29) is 18.5 Å². The molecule has 1 aliphatic heterocycles. The van der Waals surface area contributed by atoms with E-state index in [1.54, 1.807) is 44.3 Å². The fourth-order valence-electron chi connectivity index (χ4n) is 2.90. The largest absolute Gasteiger partial charge is 0.384 e. The Morgan fingerprint density at radius 2 is 1.96 bits per heavy atom. The van der Waals surface area contributed by atoms with Gasteiger partial charge in [0.25, 0.3) is 5.91 Å². The Bertz CT molecular complexity index is 887. The molecule has 1 aromatic carbocycles. The van der Waals surface area contributed by atoms with Crippen molar-refractivity contribution in [2.45, 2.75) is 30.8 Å². The minimum atomic E-state index is -0.986. The van der Waals surface area contributed by atoms with Crippen LogP contribution in [-0.2, 0) is 11.3 Å². The Labute approximate surface area is 161 Å². The molecule has 3 amide bonds. The number of imide groups is 1. The molecule has 1 aromatic heterocycles. The molecule has 0 spiro atoms. The van der Waals surface area contributed by atoms with Crippen LogP contribution >= 0.6 is 23.4 Å². The number of carbonyl (C=O) groups excluding carboxylic acids is 2. The van der Waals surface area contributed by atoms with Crippen molar-refractivity contribution in [2.75, 3.05) is 16.9 Å². The second-order valence-corrected chi connectivity index (χ2v) is 7.73. The van der Waals surface area contributed by atoms with E-state index in [1.807, 2.05) is 12.3 Å². The van der Waals surface area contributed by atoms with Gasteiger partial charge in [0.2, 0.25) is 0 Å². The van der Waals surface area contributed by atoms with Gasteiger partial charge in [-0.2, -0.15) is 0 Å². The first kappa shape index (κ1) is 18.5. The van der Waals surface area contributed by atoms with Crippen molar-refractivity contribution < 1.29 is 9.59 Å². The molecule has 1 saturated heterocycles. The molecule has 136 valence electrons. The van der Waals surface area contributed by atoms with Gasteiger partial charge in [-0.05, 0) is 56.0 Å². The molecule has 2 N–H and O–H groups in total. The van der Waals surface area contributed by atoms with E-state index in [9.17, 15) is 9.59 Å². The molecule has 2 heterocycles. The molecule has 1 fully saturated rings. The van der Waals surface area contributed by atoms with Crippen LogP contribution in [0, 0.1) is 0 Å². The first-order valence-electron chi connectivity index (χ1n) is 7.96. The Kier molecular flexibility index (Phi) is 4.86. The molecule has 1 aliphatic rings. The van der Waals surface area contributed by atoms with Gasteiger partial charge in [-0.3, -0.25) is 4.79 Å². The molecule has 3 rings (SSSR count). The summed E-state index contributed by atoms with van der Waals surface area (Å²) in [6.07, 6.45) is 3.50. The number of hydrogen-bond acceptors (Lipinski definition) is 5. The summed E-state index contributed by atoms with van der Waals surface area (Å²) in [6, 6.07) is 8.27. The molecule has 0 unspecified atom stereocenters. The molecule has 0 atom stereocenters. The number of amides is 3. The predicted octanol–water partition coefficient (Wildman–Crippen LogP) is 3.79. The Hall–Kier alpha value is -2.25. The van der Waals surface area contributed by atoms with E-state index in [0.717, 1.165) is 10.5 Å². The maximum Gasteiger partial charge on any atom is 0.332 e. The number of pyridine rings is 1. The highest BCUT2D eigenvalue weighted by Crippen LogP contribution is 2.36. The Morgan fingerprint density at radius 1 is 1.23 bits per heavy atom. The highest BCUT2D eigenvalue weighted by Gasteiger charge is 2.51. The molecule has 6 nitrogen and oxygen atoms in total. The van der Waals surface area contributed by atoms with Crippen LogP contribution in [0.5, 0.6) is 0 Å². The van der Waals surface area contributed by atoms with E-state index in [4.69, 9.17) is 17.3 Å². The van der Waals surface area contributed by atoms with Gasteiger partial charge >= 0.3 is 6.03 Å². The third kappa shape index (κ3) is 3.12. The van der Waals surface area contributed by atoms with Gasteiger partial charge in [0.05, 0.1) is 10.7 Å². The molecule has 0 saturated carbocycles. The monoisotopic (exact) mass is 390 g/mol. The van der Waals surface area contributed by atoms with Crippen LogP contribution in [0.4, 0.5) is 16.3 Å². The van der Waals surface area contributed by atoms with Crippen molar-refractivity contribution in [3.05, 3.63) is 47.1 Å². The molecular weight excluding hydrogens is 372 g/mol. The van der Waals surface area contributed by atoms with Gasteiger partial charge < -0.3 is 10.6 Å². The summed E-state index contributed by atoms with van der Waals surface area (Å²) >= 11 is 7.76. The van der Waals surface area contributed by atoms with E-state index in [2.05, 4.69) is 4.98 Å². The van der Waals surface area contributed by atoms with Crippen LogP contribution in [0.2, 0.25) is 5.02 Å². The quantitative estimate of drug-likeness (QED) is 0.634. The van der Waals surface area contributed by atoms with Gasteiger partial charge in [-0.15, -0.1) is 11.8 Å². The topological polar surface area (TPSA) is 79.5 Å². The average molecular weight is 391 g/mol. The highest BCUT2D eigenvalue weighted by atomic mass is 35.5. The van der Waals surface area contributed by atoms with Crippen LogP contribution in [0.25, 0.3) is 0 Å². The summed E-state index contributed by atoms with van der Waals surface area (Å²) in [4.78, 5) is 33.5. The van der Waals surface area contributed by atoms with E-state index in [0.29, 0.717) is 16.5 Å². The third-order valence-electron chi connectivity index (χ3n) is 4.40. The Morgan fingerprint density at radius 3 is 2.58 bits per heavy atom. The second-order valence-electron chi connectivity index (χ2n) is 6.48. The number of urea groups is 1. The molecule has 0 radical (unpaired) electrons. The minimum absolute atomic E-state index is 0.261. The summed E-state index contributed by atoms with van der Waals surface area (Å²) in [5.74, 6) is 0.0760. The maximum atomic E-state index is 13.0. The number of thioether (sulfide) groups is 1. The van der Waals surface area contributed by atoms with Crippen molar-refractivity contribution in [2.24, 2.45) is 0 Å². The number of hydrogen-bond donors (Lipinski definition) is 1. The molecular formula is C18H19ClN4O2S. The fourth-order valence-corrected chi connectivity index (χ4v) is 3.76. The number of halogens is 1. The van der Waals surface area contributed by atoms with Crippen molar-refractivity contribution in [3.8, 4) is 0 Å². The number of carbonyl (C=O) groups is 2. The van der Waals surface area contributed by atoms with Gasteiger partial charge in [-0.1, -0.05) is 11.6 Å². The van der Waals surface area contributed by atoms with E-state index >= 15 is 0 Å². The third-order valence-corrected chi connectivity index (χ3v) is 5.62. The first-order valence-corrected chi connectivity index (χ1v) is 9.56. The van der Waals surface area contributed by atoms with Crippen LogP contribution in [0.3, 0.4) is 0 Å². The van der Waals surface area contributed by atoms with Crippen LogP contribution in [0.1, 0.15) is 19.4 Å². The molecule has 8 heteroatoms. The average Bonchev–Trinajstić information content (AvgIpc) is 2.75. The van der Waals surface area contributed by atoms with E-state index in [1.165, 1.54) is 21.6 Å². The van der Waals surface area contributed by atoms with Crippen LogP contribution in [0.15, 0.2) is 41.4 Å². The van der Waals surface area contributed by atoms with Crippen molar-refractivity contribution >= 4 is 46.8 Å². The zero-order valence-electron chi connectivity index (χ0n) is 14.7. The van der Waals surface area contributed by atoms with Gasteiger partial charge in [0, 0.05) is 17.6 Å². The van der Waals surface area contributed by atoms with Crippen molar-refractivity contribution in [1.29, 1.82) is 0 Å². The molecule has 26 heavy (non-hydrogen) atoms. The summed E-state index contributed by atoms with van der Waals surface area (Å²) < 4.78 is 0. The van der Waals surface area contributed by atoms with Crippen molar-refractivity contribution in [3.63, 3.8) is 0 Å². The number of aromatic nitrogens is 1. The number of nitrogen functional groups attached to an aromatic ring is 1. The predicted molar refractivity (Wildman–Crippen MR) is 104 cm³/mol. The summed E-state index contributed by atoms with van der Waals surface area (Å²) in [5.41, 5.74) is 6.00. The molecule has 2 aromatic rings. The fraction of sp³-hybridized carbons (Fsp3) is 0.278. The zero-order valence-corrected chi connectivity index (χ0v) is 16.3. The SMILES string of the molecule is CSc1ccc(N2C(=O)N(Cc3ccnc(N)c3)C(C)(C)C2=O)cc1Cl. The number of nitrogens with two attached hydrogens (primary N) is 1. The van der Waals surface area contributed by atoms with Crippen molar-refractivity contribution in [1.82, 2.24) is 9.88 Å². The smallest absolute Gasteiger partial charge is 0.332 e. The second kappa shape index (κ2) is 6.81. The molecule has 0 bridgehead atoms. The number of nitrogens with zero attached hydrogens (tertiary/aromatic N) is 3. The lowest BCUT2D eigenvalue weighted by atomic mass is 10.0. The normalized spacial score (nSPS) is 16.5. The minimum Gasteiger partial charge on any atom is -0.384 e. The number of anilines is 2. The summed E-state index contributed by atoms with van der Waals surface area (Å²) in [6.45, 7) is 3.72. The van der Waals surface area contributed by atoms with E-state index < -0.39 is 5.54 Å². The zero-order chi connectivity index (χ0) is 19.1. The lowest BCUT2D eigenvalue weighted by Gasteiger charge is -2.27. The van der Waals surface area contributed by atoms with Crippen LogP contribution in [-0.4, -0.2) is 33.6 Å². The first-order chi connectivity index (χ1) is 12.3. The maximum absolute atomic E-state index is 13.0. The summed E-state index contributed by atoms with van der Waals surface area (Å²) in [7, 11) is 0. The number of benzene rings is 1. The number of rotatable bonds is 4. The Balaban J connectivity index is 1.95. The van der Waals surface area contributed by atoms with Crippen LogP contribution < -0.4 is 10.6 Å². The summed E-state index contributed by atoms with van der Waals surface area (Å²) in [5, 5.41) is 0.508. The van der Waals surface area contributed by atoms with Gasteiger partial charge in [0.1, 0.15) is 11.4 Å². The lowest BCUT2D eigenvalue weighted by molar-refractivity contribution is -0.123. The highest BCUT2D eigenvalue weighted by molar-refractivity contribution is 7.98.